The molecule has 0 spiro atoms. The number of hydrogen-bond acceptors (Lipinski definition) is 5. The average molecular weight is 412 g/mol. The van der Waals surface area contributed by atoms with Crippen LogP contribution in [0.25, 0.3) is 5.82 Å². The molecule has 9 heteroatoms. The summed E-state index contributed by atoms with van der Waals surface area (Å²) in [5, 5.41) is 10.4. The van der Waals surface area contributed by atoms with E-state index in [4.69, 9.17) is 11.6 Å². The molecule has 1 aliphatic rings. The summed E-state index contributed by atoms with van der Waals surface area (Å²) >= 11 is 5.95. The number of carbonyl (C=O) groups is 1. The topological polar surface area (TPSA) is 88.0 Å². The van der Waals surface area contributed by atoms with Crippen LogP contribution >= 0.6 is 11.6 Å². The van der Waals surface area contributed by atoms with Crippen molar-refractivity contribution in [1.29, 1.82) is 0 Å². The minimum Gasteiger partial charge on any atom is -0.367 e. The van der Waals surface area contributed by atoms with E-state index in [-0.39, 0.29) is 6.03 Å². The Balaban J connectivity index is 1.47. The Bertz CT molecular complexity index is 998. The second-order valence-corrected chi connectivity index (χ2v) is 7.60. The van der Waals surface area contributed by atoms with Crippen molar-refractivity contribution in [2.24, 2.45) is 5.92 Å². The Hall–Kier alpha value is -3.13. The van der Waals surface area contributed by atoms with E-state index in [2.05, 4.69) is 37.5 Å². The summed E-state index contributed by atoms with van der Waals surface area (Å²) in [7, 11) is 0. The molecule has 29 heavy (non-hydrogen) atoms. The molecule has 150 valence electrons. The van der Waals surface area contributed by atoms with E-state index < -0.39 is 0 Å². The molecule has 3 heterocycles. The molecule has 0 unspecified atom stereocenters. The summed E-state index contributed by atoms with van der Waals surface area (Å²) in [6.45, 7) is 4.21. The van der Waals surface area contributed by atoms with Crippen molar-refractivity contribution < 1.29 is 4.79 Å². The van der Waals surface area contributed by atoms with Crippen molar-refractivity contribution in [1.82, 2.24) is 19.7 Å². The summed E-state index contributed by atoms with van der Waals surface area (Å²) in [6, 6.07) is 6.59. The standard InChI is InChI=1S/C20H22ClN7O/c1-14-5-7-27(8-6-14)18-11-22-13-23-19(18)28-12-17(10-24-28)26-20(29)25-16-4-2-3-15(21)9-16/h2-4,9-14H,5-8H2,1H3,(H2,25,26,29). The Morgan fingerprint density at radius 2 is 1.97 bits per heavy atom. The number of amides is 2. The van der Waals surface area contributed by atoms with Gasteiger partial charge in [0.25, 0.3) is 0 Å². The van der Waals surface area contributed by atoms with Crippen LogP contribution in [0.5, 0.6) is 0 Å². The lowest BCUT2D eigenvalue weighted by molar-refractivity contribution is 0.262. The van der Waals surface area contributed by atoms with Gasteiger partial charge in [0, 0.05) is 23.8 Å². The van der Waals surface area contributed by atoms with Crippen LogP contribution in [-0.4, -0.2) is 38.9 Å². The van der Waals surface area contributed by atoms with Crippen molar-refractivity contribution in [2.75, 3.05) is 28.6 Å². The van der Waals surface area contributed by atoms with Crippen molar-refractivity contribution in [3.8, 4) is 5.82 Å². The third-order valence-corrected chi connectivity index (χ3v) is 5.17. The number of urea groups is 1. The van der Waals surface area contributed by atoms with Crippen molar-refractivity contribution in [2.45, 2.75) is 19.8 Å². The number of rotatable bonds is 4. The molecule has 4 rings (SSSR count). The first-order chi connectivity index (χ1) is 14.1. The zero-order valence-electron chi connectivity index (χ0n) is 16.0. The first-order valence-electron chi connectivity index (χ1n) is 9.52. The van der Waals surface area contributed by atoms with Gasteiger partial charge in [0.1, 0.15) is 12.0 Å². The van der Waals surface area contributed by atoms with E-state index in [0.29, 0.717) is 22.2 Å². The predicted molar refractivity (Wildman–Crippen MR) is 114 cm³/mol. The van der Waals surface area contributed by atoms with Gasteiger partial charge >= 0.3 is 6.03 Å². The summed E-state index contributed by atoms with van der Waals surface area (Å²) in [4.78, 5) is 23.1. The highest BCUT2D eigenvalue weighted by atomic mass is 35.5. The van der Waals surface area contributed by atoms with Gasteiger partial charge in [0.05, 0.1) is 24.3 Å². The van der Waals surface area contributed by atoms with Crippen LogP contribution in [0.4, 0.5) is 21.9 Å². The van der Waals surface area contributed by atoms with E-state index >= 15 is 0 Å². The number of nitrogens with one attached hydrogen (secondary N) is 2. The smallest absolute Gasteiger partial charge is 0.323 e. The molecule has 1 fully saturated rings. The quantitative estimate of drug-likeness (QED) is 0.671. The van der Waals surface area contributed by atoms with E-state index in [1.54, 1.807) is 41.3 Å². The molecule has 0 radical (unpaired) electrons. The van der Waals surface area contributed by atoms with Gasteiger partial charge in [-0.05, 0) is 37.0 Å². The molecule has 1 saturated heterocycles. The molecule has 1 aliphatic heterocycles. The van der Waals surface area contributed by atoms with Crippen LogP contribution < -0.4 is 15.5 Å². The lowest BCUT2D eigenvalue weighted by Gasteiger charge is -2.32. The van der Waals surface area contributed by atoms with Gasteiger partial charge in [0.15, 0.2) is 5.82 Å². The van der Waals surface area contributed by atoms with Gasteiger partial charge in [-0.3, -0.25) is 0 Å². The second-order valence-electron chi connectivity index (χ2n) is 7.16. The first kappa shape index (κ1) is 19.2. The molecule has 0 atom stereocenters. The zero-order valence-corrected chi connectivity index (χ0v) is 16.8. The SMILES string of the molecule is CC1CCN(c2cncnc2-n2cc(NC(=O)Nc3cccc(Cl)c3)cn2)CC1. The highest BCUT2D eigenvalue weighted by Crippen LogP contribution is 2.27. The van der Waals surface area contributed by atoms with E-state index in [0.717, 1.165) is 37.5 Å². The Morgan fingerprint density at radius 1 is 1.17 bits per heavy atom. The summed E-state index contributed by atoms with van der Waals surface area (Å²) in [6.07, 6.45) is 8.93. The molecular weight excluding hydrogens is 390 g/mol. The third kappa shape index (κ3) is 4.65. The maximum absolute atomic E-state index is 12.2. The van der Waals surface area contributed by atoms with Gasteiger partial charge in [-0.15, -0.1) is 0 Å². The van der Waals surface area contributed by atoms with E-state index in [9.17, 15) is 4.79 Å². The van der Waals surface area contributed by atoms with E-state index in [1.165, 1.54) is 6.33 Å². The fourth-order valence-electron chi connectivity index (χ4n) is 3.33. The molecular formula is C20H22ClN7O. The highest BCUT2D eigenvalue weighted by Gasteiger charge is 2.20. The number of hydrogen-bond donors (Lipinski definition) is 2. The van der Waals surface area contributed by atoms with Gasteiger partial charge in [0.2, 0.25) is 0 Å². The maximum atomic E-state index is 12.2. The van der Waals surface area contributed by atoms with Crippen LogP contribution in [0, 0.1) is 5.92 Å². The van der Waals surface area contributed by atoms with Crippen molar-refractivity contribution in [3.05, 3.63) is 54.2 Å². The Morgan fingerprint density at radius 3 is 2.76 bits per heavy atom. The normalized spacial score (nSPS) is 14.6. The Kier molecular flexibility index (Phi) is 5.62. The third-order valence-electron chi connectivity index (χ3n) is 4.94. The predicted octanol–water partition coefficient (Wildman–Crippen LogP) is 4.20. The zero-order chi connectivity index (χ0) is 20.2. The number of aromatic nitrogens is 4. The summed E-state index contributed by atoms with van der Waals surface area (Å²) in [5.74, 6) is 1.43. The molecule has 0 saturated carbocycles. The molecule has 2 amide bonds. The van der Waals surface area contributed by atoms with Gasteiger partial charge in [-0.1, -0.05) is 24.6 Å². The number of nitrogens with zero attached hydrogens (tertiary/aromatic N) is 5. The molecule has 3 aromatic rings. The minimum atomic E-state index is -0.375. The summed E-state index contributed by atoms with van der Waals surface area (Å²) in [5.41, 5.74) is 2.11. The van der Waals surface area contributed by atoms with Crippen LogP contribution in [0.2, 0.25) is 5.02 Å². The largest absolute Gasteiger partial charge is 0.367 e. The number of piperidine rings is 1. The fourth-order valence-corrected chi connectivity index (χ4v) is 3.52. The van der Waals surface area contributed by atoms with Crippen LogP contribution in [-0.2, 0) is 0 Å². The van der Waals surface area contributed by atoms with Gasteiger partial charge in [-0.2, -0.15) is 5.10 Å². The molecule has 0 bridgehead atoms. The number of anilines is 3. The summed E-state index contributed by atoms with van der Waals surface area (Å²) < 4.78 is 1.66. The van der Waals surface area contributed by atoms with Crippen molar-refractivity contribution in [3.63, 3.8) is 0 Å². The molecule has 2 N–H and O–H groups in total. The number of benzene rings is 1. The monoisotopic (exact) mass is 411 g/mol. The second kappa shape index (κ2) is 8.48. The van der Waals surface area contributed by atoms with Crippen LogP contribution in [0.3, 0.4) is 0 Å². The number of halogens is 1. The highest BCUT2D eigenvalue weighted by molar-refractivity contribution is 6.30. The number of carbonyl (C=O) groups excluding carboxylic acids is 1. The van der Waals surface area contributed by atoms with E-state index in [1.807, 2.05) is 6.20 Å². The first-order valence-corrected chi connectivity index (χ1v) is 9.90. The Labute approximate surface area is 173 Å². The fraction of sp³-hybridized carbons (Fsp3) is 0.300. The average Bonchev–Trinajstić information content (AvgIpc) is 3.17. The molecule has 0 aliphatic carbocycles. The van der Waals surface area contributed by atoms with Gasteiger partial charge in [-0.25, -0.2) is 19.4 Å². The minimum absolute atomic E-state index is 0.375. The van der Waals surface area contributed by atoms with Crippen molar-refractivity contribution >= 4 is 34.7 Å². The lowest BCUT2D eigenvalue weighted by Crippen LogP contribution is -2.33. The van der Waals surface area contributed by atoms with Crippen LogP contribution in [0.1, 0.15) is 19.8 Å². The van der Waals surface area contributed by atoms with Gasteiger partial charge < -0.3 is 15.5 Å². The maximum Gasteiger partial charge on any atom is 0.323 e. The lowest BCUT2D eigenvalue weighted by atomic mass is 9.99. The van der Waals surface area contributed by atoms with Crippen LogP contribution in [0.15, 0.2) is 49.2 Å². The molecule has 8 nitrogen and oxygen atoms in total. The molecule has 2 aromatic heterocycles. The molecule has 1 aromatic carbocycles.